The molecule has 0 saturated carbocycles. The average Bonchev–Trinajstić information content (AvgIpc) is 2.32. The number of ketones is 1. The fraction of sp³-hybridized carbons (Fsp3) is 0.889. The van der Waals surface area contributed by atoms with E-state index in [0.717, 1.165) is 32.6 Å². The lowest BCUT2D eigenvalue weighted by Gasteiger charge is -2.35. The third kappa shape index (κ3) is 1.39. The van der Waals surface area contributed by atoms with Gasteiger partial charge in [-0.2, -0.15) is 0 Å². The zero-order valence-electron chi connectivity index (χ0n) is 7.55. The number of nitrogens with zero attached hydrogens (tertiary/aromatic N) is 1. The molecule has 0 radical (unpaired) electrons. The van der Waals surface area contributed by atoms with Gasteiger partial charge in [0.15, 0.2) is 0 Å². The fourth-order valence-corrected chi connectivity index (χ4v) is 1.98. The van der Waals surface area contributed by atoms with Crippen molar-refractivity contribution < 1.29 is 4.79 Å². The molecule has 2 saturated heterocycles. The molecule has 0 aromatic heterocycles. The predicted octanol–water partition coefficient (Wildman–Crippen LogP) is -0.131. The van der Waals surface area contributed by atoms with Crippen molar-refractivity contribution in [3.05, 3.63) is 0 Å². The molecule has 2 fully saturated rings. The van der Waals surface area contributed by atoms with Gasteiger partial charge in [-0.3, -0.25) is 9.69 Å². The largest absolute Gasteiger partial charge is 0.314 e. The summed E-state index contributed by atoms with van der Waals surface area (Å²) in [6.07, 6.45) is 1.08. The van der Waals surface area contributed by atoms with Crippen LogP contribution in [0.5, 0.6) is 0 Å². The summed E-state index contributed by atoms with van der Waals surface area (Å²) in [4.78, 5) is 13.5. The standard InChI is InChI=1S/C9H16N2O/c1-7(12)8-2-3-11(6-8)9-4-10-5-9/h8-10H,2-6H2,1H3. The number of likely N-dealkylation sites (tertiary alicyclic amines) is 1. The summed E-state index contributed by atoms with van der Waals surface area (Å²) in [5.41, 5.74) is 0. The van der Waals surface area contributed by atoms with Crippen molar-refractivity contribution in [2.75, 3.05) is 26.2 Å². The third-order valence-electron chi connectivity index (χ3n) is 3.07. The van der Waals surface area contributed by atoms with Gasteiger partial charge < -0.3 is 5.32 Å². The minimum Gasteiger partial charge on any atom is -0.314 e. The van der Waals surface area contributed by atoms with Crippen LogP contribution >= 0.6 is 0 Å². The zero-order chi connectivity index (χ0) is 8.55. The van der Waals surface area contributed by atoms with Crippen molar-refractivity contribution >= 4 is 5.78 Å². The molecule has 0 aromatic rings. The highest BCUT2D eigenvalue weighted by atomic mass is 16.1. The number of hydrogen-bond acceptors (Lipinski definition) is 3. The Kier molecular flexibility index (Phi) is 2.15. The lowest BCUT2D eigenvalue weighted by atomic mass is 10.1. The van der Waals surface area contributed by atoms with Gasteiger partial charge in [0.25, 0.3) is 0 Å². The van der Waals surface area contributed by atoms with E-state index in [9.17, 15) is 4.79 Å². The lowest BCUT2D eigenvalue weighted by molar-refractivity contribution is -0.120. The lowest BCUT2D eigenvalue weighted by Crippen LogP contribution is -2.56. The van der Waals surface area contributed by atoms with Gasteiger partial charge in [-0.15, -0.1) is 0 Å². The summed E-state index contributed by atoms with van der Waals surface area (Å²) in [5, 5.41) is 3.26. The molecule has 2 aliphatic heterocycles. The number of nitrogens with one attached hydrogen (secondary N) is 1. The SMILES string of the molecule is CC(=O)C1CCN(C2CNC2)C1. The van der Waals surface area contributed by atoms with Gasteiger partial charge in [-0.1, -0.05) is 0 Å². The Morgan fingerprint density at radius 1 is 1.50 bits per heavy atom. The topological polar surface area (TPSA) is 32.3 Å². The summed E-state index contributed by atoms with van der Waals surface area (Å²) < 4.78 is 0. The first kappa shape index (κ1) is 8.20. The molecule has 0 amide bonds. The van der Waals surface area contributed by atoms with Gasteiger partial charge in [0.05, 0.1) is 0 Å². The van der Waals surface area contributed by atoms with Crippen molar-refractivity contribution in [1.29, 1.82) is 0 Å². The van der Waals surface area contributed by atoms with E-state index in [1.54, 1.807) is 6.92 Å². The Hall–Kier alpha value is -0.410. The smallest absolute Gasteiger partial charge is 0.134 e. The summed E-state index contributed by atoms with van der Waals surface area (Å²) in [6, 6.07) is 0.717. The van der Waals surface area contributed by atoms with Crippen LogP contribution in [0.1, 0.15) is 13.3 Å². The Labute approximate surface area is 73.1 Å². The number of Topliss-reactive ketones (excluding diaryl/α,β-unsaturated/α-hetero) is 1. The molecule has 1 atom stereocenters. The molecular weight excluding hydrogens is 152 g/mol. The van der Waals surface area contributed by atoms with Crippen LogP contribution in [0.4, 0.5) is 0 Å². The molecule has 0 spiro atoms. The van der Waals surface area contributed by atoms with Gasteiger partial charge in [0, 0.05) is 31.6 Å². The molecule has 0 aromatic carbocycles. The maximum atomic E-state index is 11.1. The number of rotatable bonds is 2. The first-order valence-electron chi connectivity index (χ1n) is 4.72. The predicted molar refractivity (Wildman–Crippen MR) is 47.0 cm³/mol. The highest BCUT2D eigenvalue weighted by Crippen LogP contribution is 2.20. The van der Waals surface area contributed by atoms with Crippen LogP contribution in [-0.4, -0.2) is 42.9 Å². The molecule has 2 rings (SSSR count). The van der Waals surface area contributed by atoms with E-state index in [2.05, 4.69) is 10.2 Å². The van der Waals surface area contributed by atoms with Crippen molar-refractivity contribution in [1.82, 2.24) is 10.2 Å². The quantitative estimate of drug-likeness (QED) is 0.623. The Balaban J connectivity index is 1.84. The van der Waals surface area contributed by atoms with Crippen molar-refractivity contribution in [2.45, 2.75) is 19.4 Å². The molecular formula is C9H16N2O. The molecule has 1 unspecified atom stereocenters. The van der Waals surface area contributed by atoms with E-state index in [1.165, 1.54) is 0 Å². The Morgan fingerprint density at radius 2 is 2.25 bits per heavy atom. The highest BCUT2D eigenvalue weighted by Gasteiger charge is 2.32. The van der Waals surface area contributed by atoms with Gasteiger partial charge in [0.2, 0.25) is 0 Å². The second-order valence-corrected chi connectivity index (χ2v) is 3.90. The number of hydrogen-bond donors (Lipinski definition) is 1. The maximum Gasteiger partial charge on any atom is 0.134 e. The van der Waals surface area contributed by atoms with E-state index in [0.29, 0.717) is 17.7 Å². The van der Waals surface area contributed by atoms with Crippen molar-refractivity contribution in [3.8, 4) is 0 Å². The molecule has 1 N–H and O–H groups in total. The highest BCUT2D eigenvalue weighted by molar-refractivity contribution is 5.78. The van der Waals surface area contributed by atoms with E-state index in [4.69, 9.17) is 0 Å². The monoisotopic (exact) mass is 168 g/mol. The van der Waals surface area contributed by atoms with Crippen molar-refractivity contribution in [3.63, 3.8) is 0 Å². The summed E-state index contributed by atoms with van der Waals surface area (Å²) in [7, 11) is 0. The van der Waals surface area contributed by atoms with Gasteiger partial charge in [0.1, 0.15) is 5.78 Å². The molecule has 3 heteroatoms. The minimum absolute atomic E-state index is 0.325. The Bertz CT molecular complexity index is 189. The normalized spacial score (nSPS) is 31.9. The fourth-order valence-electron chi connectivity index (χ4n) is 1.98. The van der Waals surface area contributed by atoms with Gasteiger partial charge in [-0.25, -0.2) is 0 Å². The van der Waals surface area contributed by atoms with E-state index < -0.39 is 0 Å². The molecule has 68 valence electrons. The number of carbonyl (C=O) groups is 1. The van der Waals surface area contributed by atoms with Crippen LogP contribution in [0.15, 0.2) is 0 Å². The van der Waals surface area contributed by atoms with E-state index in [-0.39, 0.29) is 0 Å². The van der Waals surface area contributed by atoms with E-state index in [1.807, 2.05) is 0 Å². The third-order valence-corrected chi connectivity index (χ3v) is 3.07. The molecule has 0 aliphatic carbocycles. The second kappa shape index (κ2) is 3.15. The summed E-state index contributed by atoms with van der Waals surface area (Å²) in [6.45, 7) is 6.07. The van der Waals surface area contributed by atoms with Crippen LogP contribution in [-0.2, 0) is 4.79 Å². The van der Waals surface area contributed by atoms with Crippen LogP contribution in [0, 0.1) is 5.92 Å². The maximum absolute atomic E-state index is 11.1. The van der Waals surface area contributed by atoms with E-state index >= 15 is 0 Å². The minimum atomic E-state index is 0.325. The summed E-state index contributed by atoms with van der Waals surface area (Å²) in [5.74, 6) is 0.690. The zero-order valence-corrected chi connectivity index (χ0v) is 7.55. The van der Waals surface area contributed by atoms with Crippen molar-refractivity contribution in [2.24, 2.45) is 5.92 Å². The number of carbonyl (C=O) groups excluding carboxylic acids is 1. The second-order valence-electron chi connectivity index (χ2n) is 3.90. The molecule has 0 bridgehead atoms. The first-order valence-corrected chi connectivity index (χ1v) is 4.72. The Morgan fingerprint density at radius 3 is 2.67 bits per heavy atom. The molecule has 2 heterocycles. The van der Waals surface area contributed by atoms with Gasteiger partial charge >= 0.3 is 0 Å². The van der Waals surface area contributed by atoms with Crippen LogP contribution in [0.25, 0.3) is 0 Å². The van der Waals surface area contributed by atoms with Crippen LogP contribution in [0.2, 0.25) is 0 Å². The first-order chi connectivity index (χ1) is 5.77. The van der Waals surface area contributed by atoms with Crippen LogP contribution < -0.4 is 5.32 Å². The summed E-state index contributed by atoms with van der Waals surface area (Å²) >= 11 is 0. The average molecular weight is 168 g/mol. The molecule has 2 aliphatic rings. The molecule has 12 heavy (non-hydrogen) atoms. The van der Waals surface area contributed by atoms with Crippen LogP contribution in [0.3, 0.4) is 0 Å². The molecule has 3 nitrogen and oxygen atoms in total. The van der Waals surface area contributed by atoms with Gasteiger partial charge in [-0.05, 0) is 19.9 Å².